The van der Waals surface area contributed by atoms with Crippen molar-refractivity contribution in [3.8, 4) is 44.5 Å². The van der Waals surface area contributed by atoms with Crippen molar-refractivity contribution in [3.63, 3.8) is 0 Å². The van der Waals surface area contributed by atoms with Gasteiger partial charge < -0.3 is 0 Å². The van der Waals surface area contributed by atoms with Gasteiger partial charge in [0.25, 0.3) is 0 Å². The first-order valence-corrected chi connectivity index (χ1v) is 22.2. The summed E-state index contributed by atoms with van der Waals surface area (Å²) >= 11 is 0. The SMILES string of the molecule is CC(C)(C)c1ccc2c(c1)C1(c3ccccc3-c3ccc(C(c4ccc5c(c4)C(C)(C)c4ccccc4-5)c4ccccc4-c4ccccc4)cc31)c1cc(C(C)(C)C)ccc1-2. The third-order valence-electron chi connectivity index (χ3n) is 14.6. The van der Waals surface area contributed by atoms with Crippen LogP contribution in [0, 0.1) is 0 Å². The van der Waals surface area contributed by atoms with Gasteiger partial charge in [-0.2, -0.15) is 0 Å². The maximum absolute atomic E-state index is 2.63. The highest BCUT2D eigenvalue weighted by Gasteiger charge is 2.52. The number of fused-ring (bicyclic) bond motifs is 13. The molecule has 0 amide bonds. The molecule has 0 bridgehead atoms. The molecular weight excluding hydrogens is 733 g/mol. The van der Waals surface area contributed by atoms with E-state index < -0.39 is 5.41 Å². The molecule has 11 rings (SSSR count). The summed E-state index contributed by atoms with van der Waals surface area (Å²) in [6, 6.07) is 68.0. The topological polar surface area (TPSA) is 0 Å². The first kappa shape index (κ1) is 37.7. The Morgan fingerprint density at radius 3 is 1.33 bits per heavy atom. The van der Waals surface area contributed by atoms with Crippen LogP contribution in [0.3, 0.4) is 0 Å². The van der Waals surface area contributed by atoms with E-state index in [2.05, 4.69) is 231 Å². The molecule has 1 spiro atoms. The Labute approximate surface area is 363 Å². The Hall–Kier alpha value is -6.24. The minimum Gasteiger partial charge on any atom is -0.0622 e. The molecule has 1 atom stereocenters. The van der Waals surface area contributed by atoms with Crippen molar-refractivity contribution in [2.24, 2.45) is 0 Å². The lowest BCUT2D eigenvalue weighted by molar-refractivity contribution is 0.586. The van der Waals surface area contributed by atoms with Gasteiger partial charge >= 0.3 is 0 Å². The smallest absolute Gasteiger partial charge is 0.0622 e. The van der Waals surface area contributed by atoms with E-state index >= 15 is 0 Å². The zero-order chi connectivity index (χ0) is 42.1. The fourth-order valence-corrected chi connectivity index (χ4v) is 11.4. The molecule has 8 aromatic carbocycles. The lowest BCUT2D eigenvalue weighted by atomic mass is 9.68. The van der Waals surface area contributed by atoms with Gasteiger partial charge in [-0.25, -0.2) is 0 Å². The van der Waals surface area contributed by atoms with E-state index in [9.17, 15) is 0 Å². The van der Waals surface area contributed by atoms with Crippen LogP contribution in [-0.2, 0) is 21.7 Å². The molecule has 0 aliphatic heterocycles. The largest absolute Gasteiger partial charge is 0.0725 e. The zero-order valence-electron chi connectivity index (χ0n) is 36.8. The normalized spacial score (nSPS) is 15.4. The van der Waals surface area contributed by atoms with Gasteiger partial charge in [0.05, 0.1) is 5.41 Å². The van der Waals surface area contributed by atoms with Crippen LogP contribution in [0.1, 0.15) is 123 Å². The van der Waals surface area contributed by atoms with Crippen molar-refractivity contribution in [1.29, 1.82) is 0 Å². The first-order chi connectivity index (χ1) is 29.3. The van der Waals surface area contributed by atoms with Gasteiger partial charge in [0.2, 0.25) is 0 Å². The van der Waals surface area contributed by atoms with Crippen molar-refractivity contribution in [1.82, 2.24) is 0 Å². The number of rotatable bonds is 4. The Morgan fingerprint density at radius 2 is 0.754 bits per heavy atom. The maximum atomic E-state index is 2.63. The fraction of sp³-hybridized carbons (Fsp3) is 0.213. The van der Waals surface area contributed by atoms with Crippen LogP contribution in [0.2, 0.25) is 0 Å². The quantitative estimate of drug-likeness (QED) is 0.156. The summed E-state index contributed by atoms with van der Waals surface area (Å²) in [5.41, 5.74) is 25.1. The van der Waals surface area contributed by atoms with Gasteiger partial charge in [-0.15, -0.1) is 0 Å². The molecule has 3 aliphatic rings. The molecule has 0 nitrogen and oxygen atoms in total. The summed E-state index contributed by atoms with van der Waals surface area (Å²) < 4.78 is 0. The van der Waals surface area contributed by atoms with E-state index in [0.29, 0.717) is 0 Å². The van der Waals surface area contributed by atoms with Gasteiger partial charge in [-0.3, -0.25) is 0 Å². The summed E-state index contributed by atoms with van der Waals surface area (Å²) in [6.45, 7) is 18.9. The molecule has 0 fully saturated rings. The maximum Gasteiger partial charge on any atom is 0.0725 e. The van der Waals surface area contributed by atoms with Crippen LogP contribution in [0.15, 0.2) is 176 Å². The average Bonchev–Trinajstić information content (AvgIpc) is 3.81. The summed E-state index contributed by atoms with van der Waals surface area (Å²) in [5, 5.41) is 0. The number of hydrogen-bond donors (Lipinski definition) is 0. The second-order valence-corrected chi connectivity index (χ2v) is 20.5. The van der Waals surface area contributed by atoms with Gasteiger partial charge in [0.15, 0.2) is 0 Å². The highest BCUT2D eigenvalue weighted by Crippen LogP contribution is 2.64. The van der Waals surface area contributed by atoms with Gasteiger partial charge in [-0.1, -0.05) is 231 Å². The van der Waals surface area contributed by atoms with E-state index in [1.54, 1.807) is 0 Å². The molecule has 1 unspecified atom stereocenters. The Bertz CT molecular complexity index is 3000. The highest BCUT2D eigenvalue weighted by atomic mass is 14.5. The summed E-state index contributed by atoms with van der Waals surface area (Å²) in [7, 11) is 0. The van der Waals surface area contributed by atoms with E-state index in [-0.39, 0.29) is 22.2 Å². The minimum absolute atomic E-state index is 0.00237. The molecule has 0 saturated heterocycles. The average molecular weight is 787 g/mol. The van der Waals surface area contributed by atoms with Crippen molar-refractivity contribution in [2.45, 2.75) is 83.0 Å². The van der Waals surface area contributed by atoms with Gasteiger partial charge in [-0.05, 0) is 117 Å². The Kier molecular flexibility index (Phi) is 8.12. The predicted octanol–water partition coefficient (Wildman–Crippen LogP) is 15.8. The van der Waals surface area contributed by atoms with E-state index in [4.69, 9.17) is 0 Å². The Balaban J connectivity index is 1.22. The highest BCUT2D eigenvalue weighted by molar-refractivity contribution is 5.95. The van der Waals surface area contributed by atoms with E-state index in [0.717, 1.165) is 0 Å². The summed E-state index contributed by atoms with van der Waals surface area (Å²) in [6.07, 6.45) is 0. The fourth-order valence-electron chi connectivity index (χ4n) is 11.4. The van der Waals surface area contributed by atoms with Crippen LogP contribution in [-0.4, -0.2) is 0 Å². The monoisotopic (exact) mass is 786 g/mol. The molecule has 0 heteroatoms. The molecule has 0 saturated carbocycles. The summed E-state index contributed by atoms with van der Waals surface area (Å²) in [4.78, 5) is 0. The molecule has 8 aromatic rings. The molecule has 298 valence electrons. The van der Waals surface area contributed by atoms with Crippen LogP contribution in [0.5, 0.6) is 0 Å². The number of benzene rings is 8. The molecule has 3 aliphatic carbocycles. The molecule has 0 heterocycles. The second kappa shape index (κ2) is 13.1. The van der Waals surface area contributed by atoms with E-state index in [1.807, 2.05) is 0 Å². The minimum atomic E-state index is -0.472. The van der Waals surface area contributed by atoms with Crippen LogP contribution in [0.25, 0.3) is 44.5 Å². The van der Waals surface area contributed by atoms with Crippen LogP contribution < -0.4 is 0 Å². The van der Waals surface area contributed by atoms with Crippen molar-refractivity contribution in [2.75, 3.05) is 0 Å². The predicted molar refractivity (Wildman–Crippen MR) is 257 cm³/mol. The lowest BCUT2D eigenvalue weighted by Crippen LogP contribution is -2.27. The standard InChI is InChI=1S/C61H54/c1-58(2,3)41-28-32-48-49-33-29-42(59(4,5)6)37-56(49)61(55(48)36-41)52-25-17-15-22-45(52)47-31-27-40(35-54(47)61)57(50-23-13-12-20-43(50)38-18-10-9-11-19-38)39-26-30-46-44-21-14-16-24-51(44)60(7,8)53(46)34-39/h9-37,57H,1-8H3. The first-order valence-electron chi connectivity index (χ1n) is 22.2. The Morgan fingerprint density at radius 1 is 0.344 bits per heavy atom. The molecular formula is C61H54. The summed E-state index contributed by atoms with van der Waals surface area (Å²) in [5.74, 6) is -0.0190. The third-order valence-corrected chi connectivity index (χ3v) is 14.6. The van der Waals surface area contributed by atoms with E-state index in [1.165, 1.54) is 106 Å². The lowest BCUT2D eigenvalue weighted by Gasteiger charge is -2.33. The van der Waals surface area contributed by atoms with Gasteiger partial charge in [0, 0.05) is 11.3 Å². The molecule has 0 N–H and O–H groups in total. The van der Waals surface area contributed by atoms with Crippen molar-refractivity contribution >= 4 is 0 Å². The molecule has 0 radical (unpaired) electrons. The number of hydrogen-bond acceptors (Lipinski definition) is 0. The van der Waals surface area contributed by atoms with Crippen molar-refractivity contribution < 1.29 is 0 Å². The zero-order valence-corrected chi connectivity index (χ0v) is 36.8. The van der Waals surface area contributed by atoms with Crippen LogP contribution >= 0.6 is 0 Å². The van der Waals surface area contributed by atoms with Gasteiger partial charge in [0.1, 0.15) is 0 Å². The third kappa shape index (κ3) is 5.44. The molecule has 61 heavy (non-hydrogen) atoms. The van der Waals surface area contributed by atoms with Crippen LogP contribution in [0.4, 0.5) is 0 Å². The van der Waals surface area contributed by atoms with Crippen molar-refractivity contribution in [3.05, 3.63) is 237 Å². The molecule has 0 aromatic heterocycles. The second-order valence-electron chi connectivity index (χ2n) is 20.5.